The molecule has 0 bridgehead atoms. The molecular formula is C18H24N2O. The monoisotopic (exact) mass is 284 g/mol. The molecule has 0 unspecified atom stereocenters. The topological polar surface area (TPSA) is 41.5 Å². The SMILES string of the molecule is CC(C)[C@@H]1N=C(C2CCCCC2)c2ccccc2NC1=O. The Labute approximate surface area is 126 Å². The predicted octanol–water partition coefficient (Wildman–Crippen LogP) is 4.03. The van der Waals surface area contributed by atoms with E-state index < -0.39 is 0 Å². The van der Waals surface area contributed by atoms with Gasteiger partial charge in [-0.05, 0) is 24.8 Å². The second kappa shape index (κ2) is 6.00. The summed E-state index contributed by atoms with van der Waals surface area (Å²) in [6.07, 6.45) is 6.29. The fraction of sp³-hybridized carbons (Fsp3) is 0.556. The molecule has 1 saturated carbocycles. The normalized spacial score (nSPS) is 23.3. The zero-order valence-corrected chi connectivity index (χ0v) is 12.9. The molecule has 1 aromatic rings. The van der Waals surface area contributed by atoms with Crippen molar-refractivity contribution in [2.75, 3.05) is 5.32 Å². The number of nitrogens with one attached hydrogen (secondary N) is 1. The zero-order valence-electron chi connectivity index (χ0n) is 12.9. The third kappa shape index (κ3) is 2.87. The largest absolute Gasteiger partial charge is 0.324 e. The summed E-state index contributed by atoms with van der Waals surface area (Å²) in [4.78, 5) is 17.4. The van der Waals surface area contributed by atoms with Crippen LogP contribution in [-0.4, -0.2) is 17.7 Å². The fourth-order valence-corrected chi connectivity index (χ4v) is 3.45. The molecule has 3 heteroatoms. The number of carbonyl (C=O) groups excluding carboxylic acids is 1. The van der Waals surface area contributed by atoms with Crippen LogP contribution in [0.3, 0.4) is 0 Å². The number of fused-ring (bicyclic) bond motifs is 1. The van der Waals surface area contributed by atoms with Crippen molar-refractivity contribution >= 4 is 17.3 Å². The third-order valence-electron chi connectivity index (χ3n) is 4.63. The summed E-state index contributed by atoms with van der Waals surface area (Å²) in [6.45, 7) is 4.14. The number of benzodiazepines with no additional fused rings is 1. The number of carbonyl (C=O) groups is 1. The predicted molar refractivity (Wildman–Crippen MR) is 86.8 cm³/mol. The van der Waals surface area contributed by atoms with Crippen LogP contribution >= 0.6 is 0 Å². The summed E-state index contributed by atoms with van der Waals surface area (Å²) >= 11 is 0. The molecule has 0 saturated heterocycles. The molecule has 1 fully saturated rings. The van der Waals surface area contributed by atoms with Crippen molar-refractivity contribution in [2.45, 2.75) is 52.0 Å². The molecule has 0 spiro atoms. The van der Waals surface area contributed by atoms with Crippen LogP contribution in [0.4, 0.5) is 5.69 Å². The fourth-order valence-electron chi connectivity index (χ4n) is 3.45. The first-order valence-electron chi connectivity index (χ1n) is 8.15. The van der Waals surface area contributed by atoms with E-state index in [-0.39, 0.29) is 17.9 Å². The van der Waals surface area contributed by atoms with E-state index in [4.69, 9.17) is 4.99 Å². The van der Waals surface area contributed by atoms with Crippen LogP contribution in [-0.2, 0) is 4.79 Å². The van der Waals surface area contributed by atoms with E-state index in [0.717, 1.165) is 17.0 Å². The Morgan fingerprint density at radius 1 is 1.14 bits per heavy atom. The first kappa shape index (κ1) is 14.3. The molecule has 21 heavy (non-hydrogen) atoms. The number of hydrogen-bond donors (Lipinski definition) is 1. The highest BCUT2D eigenvalue weighted by Gasteiger charge is 2.30. The van der Waals surface area contributed by atoms with E-state index in [2.05, 4.69) is 25.2 Å². The van der Waals surface area contributed by atoms with Crippen LogP contribution in [0.25, 0.3) is 0 Å². The molecule has 0 radical (unpaired) electrons. The number of para-hydroxylation sites is 1. The number of hydrogen-bond acceptors (Lipinski definition) is 2. The number of amides is 1. The lowest BCUT2D eigenvalue weighted by molar-refractivity contribution is -0.118. The van der Waals surface area contributed by atoms with E-state index in [1.54, 1.807) is 0 Å². The average Bonchev–Trinajstić information content (AvgIpc) is 2.64. The molecule has 112 valence electrons. The van der Waals surface area contributed by atoms with Crippen molar-refractivity contribution in [1.82, 2.24) is 0 Å². The quantitative estimate of drug-likeness (QED) is 0.875. The Kier molecular flexibility index (Phi) is 4.09. The van der Waals surface area contributed by atoms with Crippen LogP contribution in [0.1, 0.15) is 51.5 Å². The Morgan fingerprint density at radius 3 is 2.57 bits per heavy atom. The maximum absolute atomic E-state index is 12.4. The van der Waals surface area contributed by atoms with Gasteiger partial charge in [0.05, 0.1) is 0 Å². The summed E-state index contributed by atoms with van der Waals surface area (Å²) in [5.41, 5.74) is 3.21. The van der Waals surface area contributed by atoms with E-state index in [1.807, 2.05) is 18.2 Å². The summed E-state index contributed by atoms with van der Waals surface area (Å²) in [7, 11) is 0. The smallest absolute Gasteiger partial charge is 0.249 e. The standard InChI is InChI=1S/C18H24N2O/c1-12(2)16-18(21)19-15-11-7-6-10-14(15)17(20-16)13-8-4-3-5-9-13/h6-7,10-13,16H,3-5,8-9H2,1-2H3,(H,19,21)/t16-/m0/s1. The second-order valence-electron chi connectivity index (χ2n) is 6.57. The van der Waals surface area contributed by atoms with Crippen LogP contribution in [0.5, 0.6) is 0 Å². The Bertz CT molecular complexity index is 556. The van der Waals surface area contributed by atoms with Crippen molar-refractivity contribution in [1.29, 1.82) is 0 Å². The number of nitrogens with zero attached hydrogens (tertiary/aromatic N) is 1. The lowest BCUT2D eigenvalue weighted by Gasteiger charge is -2.24. The van der Waals surface area contributed by atoms with E-state index in [1.165, 1.54) is 32.1 Å². The number of rotatable bonds is 2. The van der Waals surface area contributed by atoms with Crippen molar-refractivity contribution in [3.63, 3.8) is 0 Å². The lowest BCUT2D eigenvalue weighted by Crippen LogP contribution is -2.30. The van der Waals surface area contributed by atoms with Gasteiger partial charge in [0.2, 0.25) is 5.91 Å². The first-order valence-corrected chi connectivity index (χ1v) is 8.15. The van der Waals surface area contributed by atoms with Crippen molar-refractivity contribution in [3.8, 4) is 0 Å². The van der Waals surface area contributed by atoms with Crippen molar-refractivity contribution in [3.05, 3.63) is 29.8 Å². The van der Waals surface area contributed by atoms with Crippen molar-refractivity contribution in [2.24, 2.45) is 16.8 Å². The zero-order chi connectivity index (χ0) is 14.8. The second-order valence-corrected chi connectivity index (χ2v) is 6.57. The van der Waals surface area contributed by atoms with E-state index >= 15 is 0 Å². The first-order chi connectivity index (χ1) is 10.2. The van der Waals surface area contributed by atoms with Gasteiger partial charge >= 0.3 is 0 Å². The van der Waals surface area contributed by atoms with Crippen LogP contribution in [0.2, 0.25) is 0 Å². The van der Waals surface area contributed by atoms with Gasteiger partial charge in [0, 0.05) is 22.9 Å². The van der Waals surface area contributed by atoms with Gasteiger partial charge in [-0.1, -0.05) is 51.3 Å². The number of aliphatic imine (C=N–C) groups is 1. The molecule has 1 heterocycles. The third-order valence-corrected chi connectivity index (χ3v) is 4.63. The maximum Gasteiger partial charge on any atom is 0.249 e. The summed E-state index contributed by atoms with van der Waals surface area (Å²) in [6, 6.07) is 7.85. The lowest BCUT2D eigenvalue weighted by atomic mass is 9.82. The highest BCUT2D eigenvalue weighted by atomic mass is 16.2. The average molecular weight is 284 g/mol. The molecule has 0 aromatic heterocycles. The highest BCUT2D eigenvalue weighted by Crippen LogP contribution is 2.32. The summed E-state index contributed by atoms with van der Waals surface area (Å²) in [5, 5.41) is 3.07. The molecule has 2 aliphatic rings. The molecule has 3 nitrogen and oxygen atoms in total. The maximum atomic E-state index is 12.4. The van der Waals surface area contributed by atoms with Gasteiger partial charge < -0.3 is 5.32 Å². The number of anilines is 1. The van der Waals surface area contributed by atoms with Crippen molar-refractivity contribution < 1.29 is 4.79 Å². The Morgan fingerprint density at radius 2 is 1.86 bits per heavy atom. The molecule has 1 aliphatic heterocycles. The minimum Gasteiger partial charge on any atom is -0.324 e. The van der Waals surface area contributed by atoms with Gasteiger partial charge in [0.1, 0.15) is 6.04 Å². The molecule has 1 amide bonds. The molecule has 3 rings (SSSR count). The Hall–Kier alpha value is -1.64. The molecule has 1 N–H and O–H groups in total. The van der Waals surface area contributed by atoms with E-state index in [9.17, 15) is 4.79 Å². The van der Waals surface area contributed by atoms with Crippen LogP contribution in [0.15, 0.2) is 29.3 Å². The van der Waals surface area contributed by atoms with Crippen LogP contribution < -0.4 is 5.32 Å². The van der Waals surface area contributed by atoms with Gasteiger partial charge in [-0.3, -0.25) is 9.79 Å². The number of benzene rings is 1. The van der Waals surface area contributed by atoms with Gasteiger partial charge in [-0.25, -0.2) is 0 Å². The summed E-state index contributed by atoms with van der Waals surface area (Å²) in [5.74, 6) is 0.759. The molecular weight excluding hydrogens is 260 g/mol. The van der Waals surface area contributed by atoms with Gasteiger partial charge in [0.15, 0.2) is 0 Å². The highest BCUT2D eigenvalue weighted by molar-refractivity contribution is 6.12. The molecule has 1 aromatic carbocycles. The van der Waals surface area contributed by atoms with E-state index in [0.29, 0.717) is 5.92 Å². The summed E-state index contributed by atoms with van der Waals surface area (Å²) < 4.78 is 0. The minimum atomic E-state index is -0.269. The van der Waals surface area contributed by atoms with Gasteiger partial charge in [-0.15, -0.1) is 0 Å². The van der Waals surface area contributed by atoms with Gasteiger partial charge in [0.25, 0.3) is 0 Å². The van der Waals surface area contributed by atoms with Crippen LogP contribution in [0, 0.1) is 11.8 Å². The molecule has 1 aliphatic carbocycles. The molecule has 1 atom stereocenters. The minimum absolute atomic E-state index is 0.0308. The Balaban J connectivity index is 2.05. The van der Waals surface area contributed by atoms with Gasteiger partial charge in [-0.2, -0.15) is 0 Å².